The average molecular weight is 447 g/mol. The van der Waals surface area contributed by atoms with Crippen LogP contribution in [0.1, 0.15) is 79.1 Å². The number of aliphatic hydroxyl groups is 3. The zero-order valence-electron chi connectivity index (χ0n) is 19.9. The van der Waals surface area contributed by atoms with Gasteiger partial charge in [-0.2, -0.15) is 11.8 Å². The van der Waals surface area contributed by atoms with Gasteiger partial charge in [-0.15, -0.1) is 0 Å². The van der Waals surface area contributed by atoms with E-state index < -0.39 is 17.8 Å². The lowest BCUT2D eigenvalue weighted by atomic mass is 9.64. The maximum atomic E-state index is 10.7. The van der Waals surface area contributed by atoms with Crippen LogP contribution in [0.25, 0.3) is 0 Å². The fourth-order valence-corrected chi connectivity index (χ4v) is 7.28. The molecule has 0 heterocycles. The molecule has 0 amide bonds. The molecule has 0 aromatic rings. The van der Waals surface area contributed by atoms with Crippen LogP contribution < -0.4 is 0 Å². The second-order valence-electron chi connectivity index (χ2n) is 10.2. The van der Waals surface area contributed by atoms with E-state index in [0.29, 0.717) is 24.0 Å². The third kappa shape index (κ3) is 5.24. The molecule has 3 nitrogen and oxygen atoms in total. The first-order valence-corrected chi connectivity index (χ1v) is 13.2. The van der Waals surface area contributed by atoms with Crippen molar-refractivity contribution in [2.45, 2.75) is 102 Å². The molecular formula is C27H42O3S. The van der Waals surface area contributed by atoms with Gasteiger partial charge in [0, 0.05) is 17.4 Å². The molecule has 0 spiro atoms. The van der Waals surface area contributed by atoms with Crippen molar-refractivity contribution in [3.05, 3.63) is 47.1 Å². The molecule has 0 aromatic heterocycles. The number of rotatable bonds is 7. The number of aliphatic hydroxyl groups excluding tert-OH is 2. The van der Waals surface area contributed by atoms with Gasteiger partial charge in [0.05, 0.1) is 17.8 Å². The van der Waals surface area contributed by atoms with Crippen molar-refractivity contribution in [3.63, 3.8) is 0 Å². The molecule has 0 unspecified atom stereocenters. The second kappa shape index (κ2) is 9.99. The van der Waals surface area contributed by atoms with E-state index in [9.17, 15) is 15.3 Å². The summed E-state index contributed by atoms with van der Waals surface area (Å²) in [6.45, 7) is 13.0. The van der Waals surface area contributed by atoms with E-state index in [2.05, 4.69) is 52.5 Å². The number of hydrogen-bond donors (Lipinski definition) is 3. The zero-order chi connectivity index (χ0) is 22.8. The summed E-state index contributed by atoms with van der Waals surface area (Å²) in [6, 6.07) is 0. The summed E-state index contributed by atoms with van der Waals surface area (Å²) in [5.41, 5.74) is 4.43. The lowest BCUT2D eigenvalue weighted by molar-refractivity contribution is 0.0571. The van der Waals surface area contributed by atoms with Crippen LogP contribution in [-0.2, 0) is 0 Å². The Kier molecular flexibility index (Phi) is 8.00. The van der Waals surface area contributed by atoms with Crippen molar-refractivity contribution in [2.75, 3.05) is 5.75 Å². The fourth-order valence-electron chi connectivity index (χ4n) is 5.77. The Labute approximate surface area is 193 Å². The van der Waals surface area contributed by atoms with Gasteiger partial charge in [-0.25, -0.2) is 0 Å². The van der Waals surface area contributed by atoms with Crippen molar-refractivity contribution in [1.82, 2.24) is 0 Å². The summed E-state index contributed by atoms with van der Waals surface area (Å²) in [7, 11) is 0. The van der Waals surface area contributed by atoms with Crippen LogP contribution in [0.5, 0.6) is 0 Å². The van der Waals surface area contributed by atoms with Gasteiger partial charge in [0.15, 0.2) is 0 Å². The molecule has 3 aliphatic carbocycles. The van der Waals surface area contributed by atoms with Crippen molar-refractivity contribution in [2.24, 2.45) is 11.3 Å². The molecule has 5 atom stereocenters. The quantitative estimate of drug-likeness (QED) is 0.438. The van der Waals surface area contributed by atoms with E-state index in [1.165, 1.54) is 18.4 Å². The van der Waals surface area contributed by atoms with Crippen molar-refractivity contribution < 1.29 is 15.3 Å². The van der Waals surface area contributed by atoms with Gasteiger partial charge in [-0.1, -0.05) is 56.7 Å². The lowest BCUT2D eigenvalue weighted by Crippen LogP contribution is -2.35. The molecule has 0 saturated heterocycles. The van der Waals surface area contributed by atoms with Gasteiger partial charge >= 0.3 is 0 Å². The predicted molar refractivity (Wildman–Crippen MR) is 132 cm³/mol. The van der Waals surface area contributed by atoms with E-state index in [-0.39, 0.29) is 5.41 Å². The van der Waals surface area contributed by atoms with Crippen LogP contribution in [0.4, 0.5) is 0 Å². The standard InChI is InChI=1S/C27H42O3S/c1-6-27(30,7-2)17-31-19(4)23-12-13-24-20(9-8-14-26(23,24)5)10-11-21-15-22(28)16-25(29)18(21)3/h10-12,19,22,24-25,28-30H,3,6-9,13-17H2,1-2,4-5H3/t19-,22+,24-,25-,26+/m0/s1. The maximum absolute atomic E-state index is 10.7. The Balaban J connectivity index is 1.73. The summed E-state index contributed by atoms with van der Waals surface area (Å²) in [4.78, 5) is 0. The molecule has 4 heteroatoms. The molecule has 31 heavy (non-hydrogen) atoms. The Hall–Kier alpha value is -0.810. The van der Waals surface area contributed by atoms with Gasteiger partial charge < -0.3 is 15.3 Å². The van der Waals surface area contributed by atoms with Crippen LogP contribution in [0.15, 0.2) is 47.1 Å². The first kappa shape index (κ1) is 24.8. The number of thioether (sulfide) groups is 1. The Morgan fingerprint density at radius 2 is 2.00 bits per heavy atom. The lowest BCUT2D eigenvalue weighted by Gasteiger charge is -2.42. The molecule has 0 aromatic carbocycles. The molecule has 2 saturated carbocycles. The maximum Gasteiger partial charge on any atom is 0.0811 e. The Morgan fingerprint density at radius 1 is 1.29 bits per heavy atom. The van der Waals surface area contributed by atoms with Crippen LogP contribution in [-0.4, -0.2) is 44.1 Å². The van der Waals surface area contributed by atoms with E-state index in [1.807, 2.05) is 11.8 Å². The molecule has 0 aliphatic heterocycles. The highest BCUT2D eigenvalue weighted by Gasteiger charge is 2.46. The summed E-state index contributed by atoms with van der Waals surface area (Å²) < 4.78 is 0. The Bertz CT molecular complexity index is 760. The van der Waals surface area contributed by atoms with Crippen molar-refractivity contribution in [3.8, 4) is 0 Å². The average Bonchev–Trinajstić information content (AvgIpc) is 3.10. The minimum Gasteiger partial charge on any atom is -0.393 e. The Morgan fingerprint density at radius 3 is 2.68 bits per heavy atom. The summed E-state index contributed by atoms with van der Waals surface area (Å²) in [5, 5.41) is 31.3. The van der Waals surface area contributed by atoms with Gasteiger partial charge in [0.1, 0.15) is 0 Å². The second-order valence-corrected chi connectivity index (χ2v) is 11.5. The first-order chi connectivity index (χ1) is 14.6. The van der Waals surface area contributed by atoms with Gasteiger partial charge in [-0.3, -0.25) is 0 Å². The van der Waals surface area contributed by atoms with E-state index >= 15 is 0 Å². The SMILES string of the molecule is C=C1C(=CC=C2CCC[C@]3(C)C([C@H](C)SCC(O)(CC)CC)=CC[C@@H]23)C[C@@H](O)C[C@@H]1O. The predicted octanol–water partition coefficient (Wildman–Crippen LogP) is 5.72. The van der Waals surface area contributed by atoms with Gasteiger partial charge in [0.2, 0.25) is 0 Å². The molecule has 174 valence electrons. The normalized spacial score (nSPS) is 35.4. The van der Waals surface area contributed by atoms with Crippen molar-refractivity contribution in [1.29, 1.82) is 0 Å². The van der Waals surface area contributed by atoms with E-state index in [1.54, 1.807) is 5.57 Å². The summed E-state index contributed by atoms with van der Waals surface area (Å²) in [6.07, 6.45) is 12.9. The number of hydrogen-bond acceptors (Lipinski definition) is 4. The zero-order valence-corrected chi connectivity index (χ0v) is 20.7. The van der Waals surface area contributed by atoms with Crippen molar-refractivity contribution >= 4 is 11.8 Å². The minimum absolute atomic E-state index is 0.189. The summed E-state index contributed by atoms with van der Waals surface area (Å²) in [5.74, 6) is 1.32. The molecule has 3 N–H and O–H groups in total. The van der Waals surface area contributed by atoms with Gasteiger partial charge in [-0.05, 0) is 74.3 Å². The van der Waals surface area contributed by atoms with Crippen LogP contribution in [0.2, 0.25) is 0 Å². The van der Waals surface area contributed by atoms with Crippen LogP contribution in [0, 0.1) is 11.3 Å². The topological polar surface area (TPSA) is 60.7 Å². The highest BCUT2D eigenvalue weighted by atomic mass is 32.2. The summed E-state index contributed by atoms with van der Waals surface area (Å²) >= 11 is 1.91. The van der Waals surface area contributed by atoms with E-state index in [4.69, 9.17) is 0 Å². The first-order valence-electron chi connectivity index (χ1n) is 12.1. The van der Waals surface area contributed by atoms with Gasteiger partial charge in [0.25, 0.3) is 0 Å². The number of fused-ring (bicyclic) bond motifs is 1. The number of allylic oxidation sites excluding steroid dienone is 4. The molecule has 0 radical (unpaired) electrons. The molecule has 0 bridgehead atoms. The van der Waals surface area contributed by atoms with Crippen LogP contribution in [0.3, 0.4) is 0 Å². The van der Waals surface area contributed by atoms with Crippen LogP contribution >= 0.6 is 11.8 Å². The molecular weight excluding hydrogens is 404 g/mol. The molecule has 2 fully saturated rings. The minimum atomic E-state index is -0.632. The fraction of sp³-hybridized carbons (Fsp3) is 0.704. The largest absolute Gasteiger partial charge is 0.393 e. The van der Waals surface area contributed by atoms with E-state index in [0.717, 1.165) is 42.6 Å². The highest BCUT2D eigenvalue weighted by Crippen LogP contribution is 2.57. The third-order valence-corrected chi connectivity index (χ3v) is 9.69. The smallest absolute Gasteiger partial charge is 0.0811 e. The monoisotopic (exact) mass is 446 g/mol. The molecule has 3 rings (SSSR count). The molecule has 3 aliphatic rings. The highest BCUT2D eigenvalue weighted by molar-refractivity contribution is 8.00. The third-order valence-electron chi connectivity index (χ3n) is 8.23.